The van der Waals surface area contributed by atoms with Crippen LogP contribution in [0.25, 0.3) is 11.0 Å². The molecule has 0 aliphatic heterocycles. The van der Waals surface area contributed by atoms with Crippen molar-refractivity contribution in [2.24, 2.45) is 0 Å². The standard InChI is InChI=1S/C10H9NO2/c1-6-9(11)10(12)7-4-2-3-5-8(7)13-6/h2-5H,11H2,1H3. The van der Waals surface area contributed by atoms with E-state index in [2.05, 4.69) is 0 Å². The molecule has 0 aliphatic carbocycles. The van der Waals surface area contributed by atoms with Crippen molar-refractivity contribution < 1.29 is 4.42 Å². The van der Waals surface area contributed by atoms with Gasteiger partial charge in [0.05, 0.1) is 5.39 Å². The van der Waals surface area contributed by atoms with Crippen LogP contribution in [0.4, 0.5) is 5.69 Å². The topological polar surface area (TPSA) is 56.2 Å². The molecule has 3 nitrogen and oxygen atoms in total. The maximum atomic E-state index is 11.6. The molecule has 0 saturated heterocycles. The second-order valence-corrected chi connectivity index (χ2v) is 2.90. The van der Waals surface area contributed by atoms with Gasteiger partial charge in [0.1, 0.15) is 17.0 Å². The summed E-state index contributed by atoms with van der Waals surface area (Å²) in [4.78, 5) is 11.6. The molecular formula is C10H9NO2. The van der Waals surface area contributed by atoms with Crippen molar-refractivity contribution in [3.05, 3.63) is 40.2 Å². The van der Waals surface area contributed by atoms with Gasteiger partial charge >= 0.3 is 0 Å². The van der Waals surface area contributed by atoms with E-state index >= 15 is 0 Å². The Hall–Kier alpha value is -1.77. The Morgan fingerprint density at radius 2 is 2.00 bits per heavy atom. The highest BCUT2D eigenvalue weighted by molar-refractivity contribution is 5.79. The molecule has 0 fully saturated rings. The summed E-state index contributed by atoms with van der Waals surface area (Å²) in [6.07, 6.45) is 0. The van der Waals surface area contributed by atoms with E-state index < -0.39 is 0 Å². The van der Waals surface area contributed by atoms with Crippen molar-refractivity contribution in [1.82, 2.24) is 0 Å². The fraction of sp³-hybridized carbons (Fsp3) is 0.100. The van der Waals surface area contributed by atoms with Crippen molar-refractivity contribution in [3.63, 3.8) is 0 Å². The number of para-hydroxylation sites is 1. The molecule has 3 heteroatoms. The lowest BCUT2D eigenvalue weighted by atomic mass is 10.2. The Labute approximate surface area is 74.8 Å². The molecular weight excluding hydrogens is 166 g/mol. The predicted molar refractivity (Wildman–Crippen MR) is 51.6 cm³/mol. The number of benzene rings is 1. The summed E-state index contributed by atoms with van der Waals surface area (Å²) in [7, 11) is 0. The highest BCUT2D eigenvalue weighted by Crippen LogP contribution is 2.15. The SMILES string of the molecule is Cc1oc2ccccc2c(=O)c1N. The minimum absolute atomic E-state index is 0.153. The summed E-state index contributed by atoms with van der Waals surface area (Å²) >= 11 is 0. The molecule has 2 aromatic rings. The van der Waals surface area contributed by atoms with E-state index in [4.69, 9.17) is 10.2 Å². The minimum atomic E-state index is -0.153. The smallest absolute Gasteiger partial charge is 0.215 e. The van der Waals surface area contributed by atoms with Gasteiger partial charge in [-0.05, 0) is 19.1 Å². The molecule has 0 aliphatic rings. The Kier molecular flexibility index (Phi) is 1.59. The van der Waals surface area contributed by atoms with E-state index in [-0.39, 0.29) is 11.1 Å². The molecule has 0 amide bonds. The molecule has 0 bridgehead atoms. The van der Waals surface area contributed by atoms with Gasteiger partial charge in [-0.1, -0.05) is 12.1 Å². The zero-order chi connectivity index (χ0) is 9.42. The molecule has 13 heavy (non-hydrogen) atoms. The van der Waals surface area contributed by atoms with Crippen molar-refractivity contribution in [1.29, 1.82) is 0 Å². The molecule has 0 spiro atoms. The van der Waals surface area contributed by atoms with Crippen LogP contribution in [0, 0.1) is 6.92 Å². The maximum absolute atomic E-state index is 11.6. The highest BCUT2D eigenvalue weighted by Gasteiger charge is 2.06. The van der Waals surface area contributed by atoms with Crippen LogP contribution >= 0.6 is 0 Å². The monoisotopic (exact) mass is 175 g/mol. The molecule has 1 aromatic carbocycles. The third kappa shape index (κ3) is 1.09. The van der Waals surface area contributed by atoms with E-state index in [0.717, 1.165) is 0 Å². The molecule has 0 unspecified atom stereocenters. The first-order valence-electron chi connectivity index (χ1n) is 3.98. The molecule has 66 valence electrons. The van der Waals surface area contributed by atoms with Crippen LogP contribution < -0.4 is 11.2 Å². The quantitative estimate of drug-likeness (QED) is 0.662. The summed E-state index contributed by atoms with van der Waals surface area (Å²) in [5.41, 5.74) is 6.16. The van der Waals surface area contributed by atoms with Crippen LogP contribution in [-0.4, -0.2) is 0 Å². The molecule has 0 atom stereocenters. The number of aryl methyl sites for hydroxylation is 1. The Balaban J connectivity index is 3.03. The van der Waals surface area contributed by atoms with Gasteiger partial charge in [0, 0.05) is 0 Å². The molecule has 0 radical (unpaired) electrons. The molecule has 2 rings (SSSR count). The summed E-state index contributed by atoms with van der Waals surface area (Å²) in [6, 6.07) is 7.06. The zero-order valence-electron chi connectivity index (χ0n) is 7.20. The lowest BCUT2D eigenvalue weighted by Crippen LogP contribution is -2.09. The third-order valence-electron chi connectivity index (χ3n) is 2.02. The fourth-order valence-corrected chi connectivity index (χ4v) is 1.27. The number of nitrogen functional groups attached to an aromatic ring is 1. The van der Waals surface area contributed by atoms with Crippen LogP contribution in [0.15, 0.2) is 33.5 Å². The number of hydrogen-bond donors (Lipinski definition) is 1. The first-order valence-corrected chi connectivity index (χ1v) is 3.98. The number of anilines is 1. The van der Waals surface area contributed by atoms with Crippen molar-refractivity contribution in [2.45, 2.75) is 6.92 Å². The van der Waals surface area contributed by atoms with Gasteiger partial charge < -0.3 is 10.2 Å². The second-order valence-electron chi connectivity index (χ2n) is 2.90. The van der Waals surface area contributed by atoms with E-state index in [1.54, 1.807) is 25.1 Å². The van der Waals surface area contributed by atoms with Crippen LogP contribution in [0.2, 0.25) is 0 Å². The third-order valence-corrected chi connectivity index (χ3v) is 2.02. The van der Waals surface area contributed by atoms with E-state index in [1.165, 1.54) is 0 Å². The van der Waals surface area contributed by atoms with Gasteiger partial charge in [0.25, 0.3) is 0 Å². The van der Waals surface area contributed by atoms with E-state index in [0.29, 0.717) is 16.7 Å². The summed E-state index contributed by atoms with van der Waals surface area (Å²) in [5.74, 6) is 0.476. The average Bonchev–Trinajstić information content (AvgIpc) is 2.15. The predicted octanol–water partition coefficient (Wildman–Crippen LogP) is 1.68. The van der Waals surface area contributed by atoms with Crippen molar-refractivity contribution >= 4 is 16.7 Å². The van der Waals surface area contributed by atoms with E-state index in [1.807, 2.05) is 6.07 Å². The van der Waals surface area contributed by atoms with Crippen LogP contribution in [0.3, 0.4) is 0 Å². The molecule has 1 heterocycles. The first-order chi connectivity index (χ1) is 6.20. The summed E-state index contributed by atoms with van der Waals surface area (Å²) < 4.78 is 5.35. The van der Waals surface area contributed by atoms with Crippen LogP contribution in [0.1, 0.15) is 5.76 Å². The zero-order valence-corrected chi connectivity index (χ0v) is 7.20. The normalized spacial score (nSPS) is 10.5. The maximum Gasteiger partial charge on any atom is 0.215 e. The second kappa shape index (κ2) is 2.62. The summed E-state index contributed by atoms with van der Waals surface area (Å²) in [5, 5.41) is 0.533. The van der Waals surface area contributed by atoms with Crippen LogP contribution in [-0.2, 0) is 0 Å². The Morgan fingerprint density at radius 1 is 1.31 bits per heavy atom. The number of rotatable bonds is 0. The first kappa shape index (κ1) is 7.86. The van der Waals surface area contributed by atoms with E-state index in [9.17, 15) is 4.79 Å². The van der Waals surface area contributed by atoms with Gasteiger partial charge in [-0.3, -0.25) is 4.79 Å². The average molecular weight is 175 g/mol. The number of nitrogens with two attached hydrogens (primary N) is 1. The fourth-order valence-electron chi connectivity index (χ4n) is 1.27. The van der Waals surface area contributed by atoms with Crippen LogP contribution in [0.5, 0.6) is 0 Å². The van der Waals surface area contributed by atoms with Gasteiger partial charge in [-0.2, -0.15) is 0 Å². The summed E-state index contributed by atoms with van der Waals surface area (Å²) in [6.45, 7) is 1.68. The number of fused-ring (bicyclic) bond motifs is 1. The Bertz CT molecular complexity index is 514. The number of hydrogen-bond acceptors (Lipinski definition) is 3. The van der Waals surface area contributed by atoms with Gasteiger partial charge in [-0.15, -0.1) is 0 Å². The minimum Gasteiger partial charge on any atom is -0.459 e. The largest absolute Gasteiger partial charge is 0.459 e. The lowest BCUT2D eigenvalue weighted by Gasteiger charge is -2.00. The molecule has 1 aromatic heterocycles. The lowest BCUT2D eigenvalue weighted by molar-refractivity contribution is 0.568. The van der Waals surface area contributed by atoms with Crippen molar-refractivity contribution in [3.8, 4) is 0 Å². The van der Waals surface area contributed by atoms with Crippen molar-refractivity contribution in [2.75, 3.05) is 5.73 Å². The van der Waals surface area contributed by atoms with Gasteiger partial charge in [0.2, 0.25) is 5.43 Å². The van der Waals surface area contributed by atoms with Gasteiger partial charge in [-0.25, -0.2) is 0 Å². The Morgan fingerprint density at radius 3 is 2.77 bits per heavy atom. The van der Waals surface area contributed by atoms with Gasteiger partial charge in [0.15, 0.2) is 0 Å². The molecule has 2 N–H and O–H groups in total. The molecule has 0 saturated carbocycles. The highest BCUT2D eigenvalue weighted by atomic mass is 16.3.